The smallest absolute Gasteiger partial charge is 0.223 e. The minimum atomic E-state index is 0.246. The van der Waals surface area contributed by atoms with Gasteiger partial charge in [0.2, 0.25) is 5.91 Å². The van der Waals surface area contributed by atoms with Crippen LogP contribution in [0.2, 0.25) is 0 Å². The van der Waals surface area contributed by atoms with Gasteiger partial charge in [0.1, 0.15) is 5.75 Å². The summed E-state index contributed by atoms with van der Waals surface area (Å²) in [7, 11) is 1.70. The van der Waals surface area contributed by atoms with Crippen LogP contribution in [0.15, 0.2) is 54.6 Å². The Hall–Kier alpha value is -2.49. The van der Waals surface area contributed by atoms with Crippen molar-refractivity contribution in [3.05, 3.63) is 60.2 Å². The molecule has 1 saturated heterocycles. The van der Waals surface area contributed by atoms with E-state index in [1.54, 1.807) is 7.11 Å². The molecule has 1 amide bonds. The van der Waals surface area contributed by atoms with E-state index in [0.717, 1.165) is 37.6 Å². The highest BCUT2D eigenvalue weighted by molar-refractivity contribution is 5.77. The third-order valence-corrected chi connectivity index (χ3v) is 4.91. The normalized spacial score (nSPS) is 15.8. The van der Waals surface area contributed by atoms with Gasteiger partial charge in [-0.25, -0.2) is 0 Å². The van der Waals surface area contributed by atoms with Crippen LogP contribution in [0.4, 0.5) is 5.69 Å². The van der Waals surface area contributed by atoms with E-state index in [9.17, 15) is 4.79 Å². The van der Waals surface area contributed by atoms with Crippen molar-refractivity contribution in [3.8, 4) is 5.75 Å². The van der Waals surface area contributed by atoms with Crippen LogP contribution in [0.5, 0.6) is 5.75 Å². The first-order chi connectivity index (χ1) is 12.2. The third kappa shape index (κ3) is 4.13. The fourth-order valence-corrected chi connectivity index (χ4v) is 3.38. The Bertz CT molecular complexity index is 694. The first kappa shape index (κ1) is 17.3. The molecule has 4 heteroatoms. The molecule has 0 bridgehead atoms. The number of carbonyl (C=O) groups excluding carboxylic acids is 1. The summed E-state index contributed by atoms with van der Waals surface area (Å²) in [5.74, 6) is 1.39. The van der Waals surface area contributed by atoms with Crippen molar-refractivity contribution in [2.75, 3.05) is 38.2 Å². The molecular formula is C21H26N2O2. The van der Waals surface area contributed by atoms with Gasteiger partial charge >= 0.3 is 0 Å². The Morgan fingerprint density at radius 1 is 1.00 bits per heavy atom. The quantitative estimate of drug-likeness (QED) is 0.836. The van der Waals surface area contributed by atoms with E-state index in [4.69, 9.17) is 4.74 Å². The van der Waals surface area contributed by atoms with E-state index in [0.29, 0.717) is 6.42 Å². The summed E-state index contributed by atoms with van der Waals surface area (Å²) < 4.78 is 5.45. The van der Waals surface area contributed by atoms with Crippen LogP contribution in [0, 0.1) is 0 Å². The molecule has 0 radical (unpaired) electrons. The highest BCUT2D eigenvalue weighted by Gasteiger charge is 2.24. The standard InChI is InChI=1S/C21H26N2O2/c1-17(18-8-4-3-5-9-18)16-21(24)23-14-12-22(13-15-23)19-10-6-7-11-20(19)25-2/h3-11,17H,12-16H2,1-2H3. The SMILES string of the molecule is COc1ccccc1N1CCN(C(=O)CC(C)c2ccccc2)CC1. The van der Waals surface area contributed by atoms with Gasteiger partial charge in [-0.2, -0.15) is 0 Å². The monoisotopic (exact) mass is 338 g/mol. The predicted molar refractivity (Wildman–Crippen MR) is 101 cm³/mol. The van der Waals surface area contributed by atoms with Crippen LogP contribution in [0.3, 0.4) is 0 Å². The predicted octanol–water partition coefficient (Wildman–Crippen LogP) is 3.54. The summed E-state index contributed by atoms with van der Waals surface area (Å²) >= 11 is 0. The lowest BCUT2D eigenvalue weighted by Crippen LogP contribution is -2.49. The molecule has 0 aromatic heterocycles. The largest absolute Gasteiger partial charge is 0.495 e. The number of anilines is 1. The Morgan fingerprint density at radius 2 is 1.64 bits per heavy atom. The van der Waals surface area contributed by atoms with Gasteiger partial charge in [-0.1, -0.05) is 49.4 Å². The minimum absolute atomic E-state index is 0.246. The zero-order valence-electron chi connectivity index (χ0n) is 15.0. The van der Waals surface area contributed by atoms with Gasteiger partial charge in [0.25, 0.3) is 0 Å². The average molecular weight is 338 g/mol. The Morgan fingerprint density at radius 3 is 2.32 bits per heavy atom. The number of rotatable bonds is 5. The molecule has 0 N–H and O–H groups in total. The van der Waals surface area contributed by atoms with E-state index < -0.39 is 0 Å². The number of carbonyl (C=O) groups is 1. The minimum Gasteiger partial charge on any atom is -0.495 e. The molecule has 2 aromatic carbocycles. The molecule has 0 saturated carbocycles. The van der Waals surface area contributed by atoms with Gasteiger partial charge in [0.15, 0.2) is 0 Å². The van der Waals surface area contributed by atoms with Crippen molar-refractivity contribution in [1.82, 2.24) is 4.90 Å². The second-order valence-corrected chi connectivity index (χ2v) is 6.56. The van der Waals surface area contributed by atoms with Gasteiger partial charge in [-0.05, 0) is 23.6 Å². The second kappa shape index (κ2) is 8.06. The number of para-hydroxylation sites is 2. The van der Waals surface area contributed by atoms with Gasteiger partial charge in [0.05, 0.1) is 12.8 Å². The fraction of sp³-hybridized carbons (Fsp3) is 0.381. The van der Waals surface area contributed by atoms with Gasteiger partial charge in [0, 0.05) is 32.6 Å². The highest BCUT2D eigenvalue weighted by Crippen LogP contribution is 2.28. The number of benzene rings is 2. The van der Waals surface area contributed by atoms with Crippen molar-refractivity contribution >= 4 is 11.6 Å². The number of ether oxygens (including phenoxy) is 1. The zero-order valence-corrected chi connectivity index (χ0v) is 15.0. The van der Waals surface area contributed by atoms with Crippen LogP contribution in [0.1, 0.15) is 24.8 Å². The van der Waals surface area contributed by atoms with Crippen molar-refractivity contribution in [3.63, 3.8) is 0 Å². The summed E-state index contributed by atoms with van der Waals surface area (Å²) in [6, 6.07) is 18.3. The summed E-state index contributed by atoms with van der Waals surface area (Å²) in [5.41, 5.74) is 2.33. The van der Waals surface area contributed by atoms with Crippen LogP contribution in [-0.2, 0) is 4.79 Å². The van der Waals surface area contributed by atoms with E-state index in [2.05, 4.69) is 30.0 Å². The maximum Gasteiger partial charge on any atom is 0.223 e. The first-order valence-electron chi connectivity index (χ1n) is 8.89. The molecule has 1 aliphatic heterocycles. The lowest BCUT2D eigenvalue weighted by molar-refractivity contribution is -0.131. The van der Waals surface area contributed by atoms with E-state index in [1.165, 1.54) is 5.56 Å². The van der Waals surface area contributed by atoms with E-state index >= 15 is 0 Å². The molecular weight excluding hydrogens is 312 g/mol. The Balaban J connectivity index is 1.56. The Kier molecular flexibility index (Phi) is 5.59. The van der Waals surface area contributed by atoms with Crippen LogP contribution in [0.25, 0.3) is 0 Å². The molecule has 1 fully saturated rings. The average Bonchev–Trinajstić information content (AvgIpc) is 2.68. The molecule has 1 heterocycles. The molecule has 0 aliphatic carbocycles. The number of hydrogen-bond acceptors (Lipinski definition) is 3. The molecule has 0 spiro atoms. The molecule has 4 nitrogen and oxygen atoms in total. The number of nitrogens with zero attached hydrogens (tertiary/aromatic N) is 2. The molecule has 3 rings (SSSR count). The second-order valence-electron chi connectivity index (χ2n) is 6.56. The third-order valence-electron chi connectivity index (χ3n) is 4.91. The Labute approximate surface area is 150 Å². The van der Waals surface area contributed by atoms with E-state index in [-0.39, 0.29) is 11.8 Å². The number of amides is 1. The maximum absolute atomic E-state index is 12.6. The maximum atomic E-state index is 12.6. The summed E-state index contributed by atoms with van der Waals surface area (Å²) in [4.78, 5) is 16.9. The van der Waals surface area contributed by atoms with Crippen molar-refractivity contribution in [1.29, 1.82) is 0 Å². The zero-order chi connectivity index (χ0) is 17.6. The van der Waals surface area contributed by atoms with Crippen LogP contribution < -0.4 is 9.64 Å². The highest BCUT2D eigenvalue weighted by atomic mass is 16.5. The molecule has 1 atom stereocenters. The summed E-state index contributed by atoms with van der Waals surface area (Å²) in [5, 5.41) is 0. The number of methoxy groups -OCH3 is 1. The van der Waals surface area contributed by atoms with Gasteiger partial charge in [-0.3, -0.25) is 4.79 Å². The first-order valence-corrected chi connectivity index (χ1v) is 8.89. The van der Waals surface area contributed by atoms with Crippen molar-refractivity contribution in [2.24, 2.45) is 0 Å². The lowest BCUT2D eigenvalue weighted by atomic mass is 9.97. The van der Waals surface area contributed by atoms with Crippen LogP contribution >= 0.6 is 0 Å². The van der Waals surface area contributed by atoms with Gasteiger partial charge in [-0.15, -0.1) is 0 Å². The molecule has 1 unspecified atom stereocenters. The summed E-state index contributed by atoms with van der Waals surface area (Å²) in [6.07, 6.45) is 0.568. The van der Waals surface area contributed by atoms with Crippen LogP contribution in [-0.4, -0.2) is 44.1 Å². The number of piperazine rings is 1. The molecule has 132 valence electrons. The summed E-state index contributed by atoms with van der Waals surface area (Å²) in [6.45, 7) is 5.33. The topological polar surface area (TPSA) is 32.8 Å². The molecule has 2 aromatic rings. The molecule has 1 aliphatic rings. The van der Waals surface area contributed by atoms with Crippen molar-refractivity contribution in [2.45, 2.75) is 19.3 Å². The molecule has 25 heavy (non-hydrogen) atoms. The number of hydrogen-bond donors (Lipinski definition) is 0. The van der Waals surface area contributed by atoms with Gasteiger partial charge < -0.3 is 14.5 Å². The lowest BCUT2D eigenvalue weighted by Gasteiger charge is -2.37. The fourth-order valence-electron chi connectivity index (χ4n) is 3.38. The van der Waals surface area contributed by atoms with E-state index in [1.807, 2.05) is 41.3 Å². The van der Waals surface area contributed by atoms with Crippen molar-refractivity contribution < 1.29 is 9.53 Å².